The molecule has 0 bridgehead atoms. The van der Waals surface area contributed by atoms with Crippen molar-refractivity contribution in [1.29, 1.82) is 0 Å². The molecular formula is C23H30O3Si. The van der Waals surface area contributed by atoms with Gasteiger partial charge in [0.2, 0.25) is 0 Å². The molecule has 3 nitrogen and oxygen atoms in total. The molecule has 0 fully saturated rings. The Morgan fingerprint density at radius 1 is 0.926 bits per heavy atom. The number of ketones is 2. The van der Waals surface area contributed by atoms with Crippen molar-refractivity contribution in [3.8, 4) is 0 Å². The van der Waals surface area contributed by atoms with E-state index in [0.29, 0.717) is 5.56 Å². The maximum Gasteiger partial charge on any atom is 0.192 e. The van der Waals surface area contributed by atoms with Gasteiger partial charge in [0.25, 0.3) is 0 Å². The zero-order valence-electron chi connectivity index (χ0n) is 17.0. The minimum Gasteiger partial charge on any atom is -0.409 e. The van der Waals surface area contributed by atoms with E-state index in [1.54, 1.807) is 12.1 Å². The van der Waals surface area contributed by atoms with Gasteiger partial charge in [0.1, 0.15) is 5.78 Å². The number of Topliss-reactive ketones (excluding diaryl/α,β-unsaturated/α-hetero) is 2. The van der Waals surface area contributed by atoms with E-state index in [0.717, 1.165) is 5.56 Å². The molecule has 0 heterocycles. The first-order valence-electron chi connectivity index (χ1n) is 9.43. The highest BCUT2D eigenvalue weighted by Gasteiger charge is 2.39. The summed E-state index contributed by atoms with van der Waals surface area (Å²) in [5.74, 6) is -0.226. The molecule has 2 aromatic rings. The zero-order valence-corrected chi connectivity index (χ0v) is 18.0. The van der Waals surface area contributed by atoms with E-state index >= 15 is 0 Å². The third kappa shape index (κ3) is 5.98. The molecule has 0 aliphatic carbocycles. The molecule has 0 amide bonds. The van der Waals surface area contributed by atoms with E-state index in [9.17, 15) is 9.59 Å². The van der Waals surface area contributed by atoms with Crippen LogP contribution in [0.5, 0.6) is 0 Å². The van der Waals surface area contributed by atoms with Crippen LogP contribution in [0.2, 0.25) is 18.1 Å². The second-order valence-corrected chi connectivity index (χ2v) is 13.2. The van der Waals surface area contributed by atoms with Crippen molar-refractivity contribution in [2.75, 3.05) is 0 Å². The molecule has 0 aliphatic rings. The molecule has 27 heavy (non-hydrogen) atoms. The van der Waals surface area contributed by atoms with Gasteiger partial charge in [-0.3, -0.25) is 9.59 Å². The van der Waals surface area contributed by atoms with E-state index in [-0.39, 0.29) is 35.6 Å². The highest BCUT2D eigenvalue weighted by molar-refractivity contribution is 6.74. The quantitative estimate of drug-likeness (QED) is 0.320. The maximum absolute atomic E-state index is 12.7. The first-order chi connectivity index (χ1) is 12.6. The molecule has 0 unspecified atom stereocenters. The fourth-order valence-corrected chi connectivity index (χ4v) is 3.90. The van der Waals surface area contributed by atoms with Crippen LogP contribution in [0.4, 0.5) is 0 Å². The van der Waals surface area contributed by atoms with E-state index in [1.165, 1.54) is 0 Å². The van der Waals surface area contributed by atoms with E-state index in [2.05, 4.69) is 33.9 Å². The van der Waals surface area contributed by atoms with Gasteiger partial charge in [0, 0.05) is 12.0 Å². The summed E-state index contributed by atoms with van der Waals surface area (Å²) in [7, 11) is -2.06. The van der Waals surface area contributed by atoms with Crippen LogP contribution in [0, 0.1) is 0 Å². The highest BCUT2D eigenvalue weighted by atomic mass is 28.4. The Bertz CT molecular complexity index is 761. The SMILES string of the molecule is CC(C)(C)[Si](C)(C)O[C@@H](CC(=O)CC(=O)c1ccccc1)c1ccccc1. The molecule has 2 aromatic carbocycles. The van der Waals surface area contributed by atoms with Gasteiger partial charge in [-0.2, -0.15) is 0 Å². The summed E-state index contributed by atoms with van der Waals surface area (Å²) in [4.78, 5) is 25.0. The highest BCUT2D eigenvalue weighted by Crippen LogP contribution is 2.40. The summed E-state index contributed by atoms with van der Waals surface area (Å²) in [5, 5.41) is 0.0446. The number of hydrogen-bond acceptors (Lipinski definition) is 3. The number of hydrogen-bond donors (Lipinski definition) is 0. The standard InChI is InChI=1S/C23H30O3Si/c1-23(2,3)27(4,5)26-22(19-14-10-7-11-15-19)17-20(24)16-21(25)18-12-8-6-9-13-18/h6-15,22H,16-17H2,1-5H3/t22-/m0/s1. The van der Waals surface area contributed by atoms with Crippen LogP contribution in [0.3, 0.4) is 0 Å². The van der Waals surface area contributed by atoms with Crippen molar-refractivity contribution < 1.29 is 14.0 Å². The van der Waals surface area contributed by atoms with Crippen molar-refractivity contribution in [2.45, 2.75) is 57.8 Å². The van der Waals surface area contributed by atoms with Gasteiger partial charge >= 0.3 is 0 Å². The summed E-state index contributed by atoms with van der Waals surface area (Å²) >= 11 is 0. The Hall–Kier alpha value is -2.04. The maximum atomic E-state index is 12.7. The van der Waals surface area contributed by atoms with Gasteiger partial charge in [-0.05, 0) is 23.7 Å². The van der Waals surface area contributed by atoms with Crippen molar-refractivity contribution in [2.24, 2.45) is 0 Å². The minimum absolute atomic E-state index is 0.0446. The van der Waals surface area contributed by atoms with Gasteiger partial charge < -0.3 is 4.43 Å². The Morgan fingerprint density at radius 2 is 1.44 bits per heavy atom. The molecule has 0 saturated heterocycles. The fraction of sp³-hybridized carbons (Fsp3) is 0.391. The van der Waals surface area contributed by atoms with E-state index in [1.807, 2.05) is 48.5 Å². The first kappa shape index (κ1) is 21.3. The number of benzene rings is 2. The average molecular weight is 383 g/mol. The smallest absolute Gasteiger partial charge is 0.192 e. The second kappa shape index (κ2) is 8.76. The lowest BCUT2D eigenvalue weighted by molar-refractivity contribution is -0.120. The van der Waals surface area contributed by atoms with Crippen molar-refractivity contribution in [3.63, 3.8) is 0 Å². The van der Waals surface area contributed by atoms with Gasteiger partial charge in [-0.25, -0.2) is 0 Å². The predicted octanol–water partition coefficient (Wildman–Crippen LogP) is 5.98. The topological polar surface area (TPSA) is 43.4 Å². The molecule has 0 aliphatic heterocycles. The Balaban J connectivity index is 2.14. The molecule has 144 valence electrons. The van der Waals surface area contributed by atoms with E-state index in [4.69, 9.17) is 4.43 Å². The summed E-state index contributed by atoms with van der Waals surface area (Å²) in [6.07, 6.45) is -0.188. The molecule has 0 aromatic heterocycles. The lowest BCUT2D eigenvalue weighted by Gasteiger charge is -2.39. The normalized spacial score (nSPS) is 13.2. The molecule has 0 radical (unpaired) electrons. The van der Waals surface area contributed by atoms with Crippen molar-refractivity contribution in [3.05, 3.63) is 71.8 Å². The predicted molar refractivity (Wildman–Crippen MR) is 112 cm³/mol. The first-order valence-corrected chi connectivity index (χ1v) is 12.3. The largest absolute Gasteiger partial charge is 0.409 e. The van der Waals surface area contributed by atoms with Crippen LogP contribution in [0.1, 0.15) is 55.6 Å². The van der Waals surface area contributed by atoms with E-state index < -0.39 is 8.32 Å². The summed E-state index contributed by atoms with van der Waals surface area (Å²) in [6, 6.07) is 18.8. The number of carbonyl (C=O) groups is 2. The number of carbonyl (C=O) groups excluding carboxylic acids is 2. The minimum atomic E-state index is -2.06. The van der Waals surface area contributed by atoms with Crippen LogP contribution in [0.25, 0.3) is 0 Å². The molecule has 0 spiro atoms. The van der Waals surface area contributed by atoms with Crippen LogP contribution >= 0.6 is 0 Å². The van der Waals surface area contributed by atoms with Crippen LogP contribution in [-0.2, 0) is 9.22 Å². The van der Waals surface area contributed by atoms with Crippen LogP contribution in [-0.4, -0.2) is 19.9 Å². The Kier molecular flexibility index (Phi) is 6.90. The summed E-state index contributed by atoms with van der Waals surface area (Å²) < 4.78 is 6.55. The molecule has 0 N–H and O–H groups in total. The third-order valence-electron chi connectivity index (χ3n) is 5.28. The molecule has 1 atom stereocenters. The molecular weight excluding hydrogens is 352 g/mol. The Labute approximate surface area is 163 Å². The molecule has 4 heteroatoms. The second-order valence-electron chi connectivity index (χ2n) is 8.49. The zero-order chi connectivity index (χ0) is 20.1. The van der Waals surface area contributed by atoms with Gasteiger partial charge in [-0.1, -0.05) is 81.4 Å². The molecule has 0 saturated carbocycles. The van der Waals surface area contributed by atoms with Gasteiger partial charge in [0.15, 0.2) is 14.1 Å². The molecule has 2 rings (SSSR count). The summed E-state index contributed by atoms with van der Waals surface area (Å²) in [5.41, 5.74) is 1.57. The van der Waals surface area contributed by atoms with Crippen LogP contribution in [0.15, 0.2) is 60.7 Å². The summed E-state index contributed by atoms with van der Waals surface area (Å²) in [6.45, 7) is 10.9. The lowest BCUT2D eigenvalue weighted by Crippen LogP contribution is -2.42. The fourth-order valence-electron chi connectivity index (χ4n) is 2.61. The van der Waals surface area contributed by atoms with Gasteiger partial charge in [0.05, 0.1) is 12.5 Å². The van der Waals surface area contributed by atoms with Crippen LogP contribution < -0.4 is 0 Å². The third-order valence-corrected chi connectivity index (χ3v) is 9.77. The average Bonchev–Trinajstić information content (AvgIpc) is 2.61. The van der Waals surface area contributed by atoms with Crippen molar-refractivity contribution >= 4 is 19.9 Å². The van der Waals surface area contributed by atoms with Crippen molar-refractivity contribution in [1.82, 2.24) is 0 Å². The Morgan fingerprint density at radius 3 is 1.96 bits per heavy atom. The lowest BCUT2D eigenvalue weighted by atomic mass is 9.99. The number of rotatable bonds is 8. The monoisotopic (exact) mass is 382 g/mol. The van der Waals surface area contributed by atoms with Gasteiger partial charge in [-0.15, -0.1) is 0 Å².